The van der Waals surface area contributed by atoms with Crippen molar-refractivity contribution in [2.75, 3.05) is 37.8 Å². The molecule has 3 aromatic rings. The number of carbonyl (C=O) groups excluding carboxylic acids is 2. The number of thiophene rings is 1. The van der Waals surface area contributed by atoms with Gasteiger partial charge in [-0.15, -0.1) is 11.3 Å². The van der Waals surface area contributed by atoms with E-state index in [9.17, 15) is 14.4 Å². The number of hydrogen-bond acceptors (Lipinski definition) is 8. The molecule has 1 fully saturated rings. The van der Waals surface area contributed by atoms with Crippen LogP contribution < -0.4 is 10.9 Å². The van der Waals surface area contributed by atoms with Crippen molar-refractivity contribution < 1.29 is 14.3 Å². The van der Waals surface area contributed by atoms with E-state index in [2.05, 4.69) is 15.2 Å². The third-order valence-electron chi connectivity index (χ3n) is 5.77. The van der Waals surface area contributed by atoms with E-state index in [1.165, 1.54) is 49.5 Å². The second kappa shape index (κ2) is 11.6. The molecule has 1 amide bonds. The molecule has 0 radical (unpaired) electrons. The smallest absolute Gasteiger partial charge is 0.339 e. The fourth-order valence-electron chi connectivity index (χ4n) is 4.06. The molecule has 4 rings (SSSR count). The van der Waals surface area contributed by atoms with Crippen LogP contribution in [0, 0.1) is 0 Å². The van der Waals surface area contributed by atoms with Crippen LogP contribution in [0.1, 0.15) is 36.0 Å². The molecular weight excluding hydrogens is 472 g/mol. The minimum atomic E-state index is -0.518. The highest BCUT2D eigenvalue weighted by Gasteiger charge is 2.17. The molecule has 0 saturated carbocycles. The van der Waals surface area contributed by atoms with Crippen molar-refractivity contribution in [3.8, 4) is 0 Å². The Bertz CT molecular complexity index is 1220. The molecule has 0 unspecified atom stereocenters. The van der Waals surface area contributed by atoms with Crippen molar-refractivity contribution >= 4 is 50.9 Å². The molecule has 3 heterocycles. The zero-order valence-corrected chi connectivity index (χ0v) is 20.8. The van der Waals surface area contributed by atoms with Crippen LogP contribution in [0.25, 0.3) is 10.2 Å². The van der Waals surface area contributed by atoms with Crippen LogP contribution >= 0.6 is 23.1 Å². The minimum absolute atomic E-state index is 0.0578. The number of carbonyl (C=O) groups is 2. The summed E-state index contributed by atoms with van der Waals surface area (Å²) in [7, 11) is 1.30. The average Bonchev–Trinajstić information content (AvgIpc) is 3.34. The molecule has 34 heavy (non-hydrogen) atoms. The van der Waals surface area contributed by atoms with Crippen LogP contribution in [-0.2, 0) is 16.1 Å². The molecule has 0 bridgehead atoms. The lowest BCUT2D eigenvalue weighted by molar-refractivity contribution is -0.113. The summed E-state index contributed by atoms with van der Waals surface area (Å²) in [5.41, 5.74) is 1.27. The number of esters is 1. The van der Waals surface area contributed by atoms with Crippen LogP contribution in [0.4, 0.5) is 5.69 Å². The Kier molecular flexibility index (Phi) is 8.36. The lowest BCUT2D eigenvalue weighted by Gasteiger charge is -2.26. The molecule has 0 spiro atoms. The maximum Gasteiger partial charge on any atom is 0.339 e. The molecular formula is C24H28N4O4S2. The molecule has 180 valence electrons. The van der Waals surface area contributed by atoms with Crippen molar-refractivity contribution in [2.45, 2.75) is 37.4 Å². The first-order chi connectivity index (χ1) is 16.6. The number of ether oxygens (including phenoxy) is 1. The Morgan fingerprint density at radius 3 is 2.74 bits per heavy atom. The van der Waals surface area contributed by atoms with Gasteiger partial charge in [0.05, 0.1) is 29.6 Å². The Morgan fingerprint density at radius 1 is 1.15 bits per heavy atom. The third-order valence-corrected chi connectivity index (χ3v) is 7.64. The number of hydrogen-bond donors (Lipinski definition) is 1. The van der Waals surface area contributed by atoms with E-state index in [0.717, 1.165) is 26.1 Å². The van der Waals surface area contributed by atoms with E-state index in [1.807, 2.05) is 11.4 Å². The number of nitrogens with one attached hydrogen (secondary N) is 1. The van der Waals surface area contributed by atoms with Gasteiger partial charge in [0.2, 0.25) is 5.91 Å². The van der Waals surface area contributed by atoms with Crippen LogP contribution in [0.2, 0.25) is 0 Å². The Hall–Kier alpha value is -2.69. The van der Waals surface area contributed by atoms with Gasteiger partial charge in [0.15, 0.2) is 5.16 Å². The van der Waals surface area contributed by atoms with E-state index in [0.29, 0.717) is 27.6 Å². The van der Waals surface area contributed by atoms with E-state index < -0.39 is 5.97 Å². The number of rotatable bonds is 9. The predicted molar refractivity (Wildman–Crippen MR) is 136 cm³/mol. The fourth-order valence-corrected chi connectivity index (χ4v) is 5.67. The largest absolute Gasteiger partial charge is 0.465 e. The van der Waals surface area contributed by atoms with Gasteiger partial charge in [-0.3, -0.25) is 14.2 Å². The number of fused-ring (bicyclic) bond motifs is 1. The normalized spacial score (nSPS) is 14.3. The summed E-state index contributed by atoms with van der Waals surface area (Å²) in [5, 5.41) is 5.16. The van der Waals surface area contributed by atoms with Crippen LogP contribution in [0.5, 0.6) is 0 Å². The van der Waals surface area contributed by atoms with E-state index in [-0.39, 0.29) is 22.8 Å². The molecule has 0 aliphatic carbocycles. The molecule has 1 aliphatic rings. The number of amides is 1. The predicted octanol–water partition coefficient (Wildman–Crippen LogP) is 3.85. The number of likely N-dealkylation sites (tertiary alicyclic amines) is 1. The summed E-state index contributed by atoms with van der Waals surface area (Å²) >= 11 is 2.62. The van der Waals surface area contributed by atoms with E-state index >= 15 is 0 Å². The van der Waals surface area contributed by atoms with Crippen molar-refractivity contribution in [3.05, 3.63) is 51.6 Å². The SMILES string of the molecule is COC(=O)c1ccccc1NC(=O)CSc1nc2ccsc2c(=O)n1CCCN1CCCCC1. The number of para-hydroxylation sites is 1. The molecule has 8 nitrogen and oxygen atoms in total. The van der Waals surface area contributed by atoms with E-state index in [4.69, 9.17) is 4.74 Å². The number of piperidine rings is 1. The van der Waals surface area contributed by atoms with Crippen LogP contribution in [0.15, 0.2) is 45.7 Å². The Labute approximate surface area is 206 Å². The average molecular weight is 501 g/mol. The first-order valence-corrected chi connectivity index (χ1v) is 13.2. The number of methoxy groups -OCH3 is 1. The summed E-state index contributed by atoms with van der Waals surface area (Å²) in [4.78, 5) is 44.9. The van der Waals surface area contributed by atoms with Crippen molar-refractivity contribution in [1.29, 1.82) is 0 Å². The maximum atomic E-state index is 13.1. The first kappa shape index (κ1) is 24.4. The summed E-state index contributed by atoms with van der Waals surface area (Å²) in [5.74, 6) is -0.750. The summed E-state index contributed by atoms with van der Waals surface area (Å²) in [6, 6.07) is 8.53. The quantitative estimate of drug-likeness (QED) is 0.271. The molecule has 0 atom stereocenters. The number of benzene rings is 1. The molecule has 2 aromatic heterocycles. The number of aromatic nitrogens is 2. The van der Waals surface area contributed by atoms with Gasteiger partial charge in [0.25, 0.3) is 5.56 Å². The van der Waals surface area contributed by atoms with Gasteiger partial charge in [-0.05, 0) is 62.5 Å². The minimum Gasteiger partial charge on any atom is -0.465 e. The van der Waals surface area contributed by atoms with Gasteiger partial charge in [-0.25, -0.2) is 9.78 Å². The topological polar surface area (TPSA) is 93.5 Å². The highest BCUT2D eigenvalue weighted by atomic mass is 32.2. The van der Waals surface area contributed by atoms with E-state index in [1.54, 1.807) is 28.8 Å². The van der Waals surface area contributed by atoms with Crippen molar-refractivity contribution in [2.24, 2.45) is 0 Å². The van der Waals surface area contributed by atoms with Crippen molar-refractivity contribution in [1.82, 2.24) is 14.5 Å². The van der Waals surface area contributed by atoms with Crippen LogP contribution in [-0.4, -0.2) is 58.8 Å². The summed E-state index contributed by atoms with van der Waals surface area (Å²) in [6.45, 7) is 3.74. The highest BCUT2D eigenvalue weighted by Crippen LogP contribution is 2.22. The van der Waals surface area contributed by atoms with Gasteiger partial charge < -0.3 is 15.0 Å². The Balaban J connectivity index is 1.45. The van der Waals surface area contributed by atoms with Gasteiger partial charge in [-0.2, -0.15) is 0 Å². The zero-order chi connectivity index (χ0) is 23.9. The maximum absolute atomic E-state index is 13.1. The standard InChI is InChI=1S/C24H28N4O4S2/c1-32-23(31)17-8-3-4-9-18(17)25-20(29)16-34-24-26-19-10-15-33-21(19)22(30)28(24)14-7-13-27-11-5-2-6-12-27/h3-4,8-10,15H,2,5-7,11-14,16H2,1H3,(H,25,29). The number of thioether (sulfide) groups is 1. The Morgan fingerprint density at radius 2 is 1.94 bits per heavy atom. The monoisotopic (exact) mass is 500 g/mol. The summed E-state index contributed by atoms with van der Waals surface area (Å²) < 4.78 is 7.12. The van der Waals surface area contributed by atoms with Gasteiger partial charge in [0, 0.05) is 6.54 Å². The second-order valence-electron chi connectivity index (χ2n) is 8.12. The molecule has 1 aromatic carbocycles. The molecule has 10 heteroatoms. The second-order valence-corrected chi connectivity index (χ2v) is 9.97. The fraction of sp³-hybridized carbons (Fsp3) is 0.417. The van der Waals surface area contributed by atoms with Crippen LogP contribution in [0.3, 0.4) is 0 Å². The lowest BCUT2D eigenvalue weighted by atomic mass is 10.1. The van der Waals surface area contributed by atoms with Gasteiger partial charge >= 0.3 is 5.97 Å². The van der Waals surface area contributed by atoms with Crippen molar-refractivity contribution in [3.63, 3.8) is 0 Å². The number of anilines is 1. The zero-order valence-electron chi connectivity index (χ0n) is 19.1. The number of nitrogens with zero attached hydrogens (tertiary/aromatic N) is 3. The lowest BCUT2D eigenvalue weighted by Crippen LogP contribution is -2.32. The molecule has 1 aliphatic heterocycles. The first-order valence-electron chi connectivity index (χ1n) is 11.4. The third kappa shape index (κ3) is 5.86. The molecule has 1 N–H and O–H groups in total. The summed E-state index contributed by atoms with van der Waals surface area (Å²) in [6.07, 6.45) is 4.61. The van der Waals surface area contributed by atoms with Gasteiger partial charge in [0.1, 0.15) is 4.70 Å². The van der Waals surface area contributed by atoms with Gasteiger partial charge in [-0.1, -0.05) is 30.3 Å². The molecule has 1 saturated heterocycles. The highest BCUT2D eigenvalue weighted by molar-refractivity contribution is 7.99.